The Kier molecular flexibility index (Phi) is 7.87. The Labute approximate surface area is 166 Å². The van der Waals surface area contributed by atoms with Crippen molar-refractivity contribution < 1.29 is 19.1 Å². The van der Waals surface area contributed by atoms with Crippen LogP contribution in [0, 0.1) is 0 Å². The van der Waals surface area contributed by atoms with Crippen molar-refractivity contribution in [2.45, 2.75) is 45.6 Å². The number of amides is 2. The molecule has 2 amide bonds. The van der Waals surface area contributed by atoms with Gasteiger partial charge in [0, 0.05) is 5.56 Å². The van der Waals surface area contributed by atoms with Gasteiger partial charge in [0.1, 0.15) is 0 Å². The van der Waals surface area contributed by atoms with E-state index in [9.17, 15) is 9.59 Å². The van der Waals surface area contributed by atoms with Crippen LogP contribution in [-0.2, 0) is 4.79 Å². The molecule has 0 aliphatic carbocycles. The Morgan fingerprint density at radius 3 is 2.32 bits per heavy atom. The van der Waals surface area contributed by atoms with E-state index < -0.39 is 5.91 Å². The van der Waals surface area contributed by atoms with Gasteiger partial charge < -0.3 is 9.47 Å². The minimum atomic E-state index is -0.425. The second-order valence-electron chi connectivity index (χ2n) is 6.73. The first-order valence-electron chi connectivity index (χ1n) is 9.46. The third-order valence-electron chi connectivity index (χ3n) is 4.18. The largest absolute Gasteiger partial charge is 0.493 e. The van der Waals surface area contributed by atoms with Gasteiger partial charge in [-0.15, -0.1) is 0 Å². The van der Waals surface area contributed by atoms with Crippen LogP contribution in [0.3, 0.4) is 0 Å². The normalized spacial score (nSPS) is 11.6. The van der Waals surface area contributed by atoms with E-state index >= 15 is 0 Å². The summed E-state index contributed by atoms with van der Waals surface area (Å²) in [5.41, 5.74) is 6.31. The van der Waals surface area contributed by atoms with Crippen molar-refractivity contribution >= 4 is 11.8 Å². The molecule has 2 aromatic carbocycles. The second kappa shape index (κ2) is 10.3. The van der Waals surface area contributed by atoms with Gasteiger partial charge in [-0.2, -0.15) is 0 Å². The molecule has 0 fully saturated rings. The highest BCUT2D eigenvalue weighted by molar-refractivity contribution is 5.96. The molecule has 0 aromatic heterocycles. The van der Waals surface area contributed by atoms with E-state index in [1.165, 1.54) is 7.11 Å². The molecule has 150 valence electrons. The number of benzene rings is 2. The average molecular weight is 384 g/mol. The molecule has 2 N–H and O–H groups in total. The zero-order valence-electron chi connectivity index (χ0n) is 16.8. The third-order valence-corrected chi connectivity index (χ3v) is 4.18. The summed E-state index contributed by atoms with van der Waals surface area (Å²) in [5.74, 6) is 0.0352. The van der Waals surface area contributed by atoms with E-state index in [1.54, 1.807) is 18.2 Å². The minimum Gasteiger partial charge on any atom is -0.493 e. The number of ether oxygens (including phenoxy) is 2. The molecule has 1 atom stereocenters. The molecule has 0 saturated heterocycles. The molecule has 0 aliphatic rings. The molecule has 28 heavy (non-hydrogen) atoms. The molecular formula is C22H28N2O4. The zero-order chi connectivity index (χ0) is 20.5. The lowest BCUT2D eigenvalue weighted by molar-refractivity contribution is -0.123. The summed E-state index contributed by atoms with van der Waals surface area (Å²) in [6, 6.07) is 14.4. The Morgan fingerprint density at radius 1 is 1.00 bits per heavy atom. The molecule has 2 aromatic rings. The number of nitrogens with one attached hydrogen (secondary N) is 2. The highest BCUT2D eigenvalue weighted by Crippen LogP contribution is 2.29. The van der Waals surface area contributed by atoms with Crippen LogP contribution in [0.5, 0.6) is 11.5 Å². The number of hydrogen-bond donors (Lipinski definition) is 2. The van der Waals surface area contributed by atoms with Crippen LogP contribution in [-0.4, -0.2) is 25.0 Å². The Morgan fingerprint density at radius 2 is 1.71 bits per heavy atom. The molecule has 0 unspecified atom stereocenters. The lowest BCUT2D eigenvalue weighted by Gasteiger charge is -2.17. The van der Waals surface area contributed by atoms with Crippen molar-refractivity contribution in [3.8, 4) is 11.5 Å². The fraction of sp³-hybridized carbons (Fsp3) is 0.364. The van der Waals surface area contributed by atoms with Crippen LogP contribution < -0.4 is 20.3 Å². The van der Waals surface area contributed by atoms with Crippen molar-refractivity contribution in [3.05, 3.63) is 59.7 Å². The maximum absolute atomic E-state index is 12.6. The van der Waals surface area contributed by atoms with Crippen molar-refractivity contribution in [2.24, 2.45) is 0 Å². The molecule has 0 saturated carbocycles. The van der Waals surface area contributed by atoms with Crippen molar-refractivity contribution in [3.63, 3.8) is 0 Å². The van der Waals surface area contributed by atoms with Gasteiger partial charge in [0.2, 0.25) is 5.91 Å². The highest BCUT2D eigenvalue weighted by atomic mass is 16.5. The Bertz CT molecular complexity index is 790. The van der Waals surface area contributed by atoms with E-state index in [-0.39, 0.29) is 17.9 Å². The van der Waals surface area contributed by atoms with Gasteiger partial charge in [-0.05, 0) is 44.0 Å². The van der Waals surface area contributed by atoms with Gasteiger partial charge in [0.05, 0.1) is 19.1 Å². The summed E-state index contributed by atoms with van der Waals surface area (Å²) in [6.45, 7) is 5.85. The molecule has 6 heteroatoms. The molecule has 0 bridgehead atoms. The quantitative estimate of drug-likeness (QED) is 0.678. The van der Waals surface area contributed by atoms with Gasteiger partial charge in [0.25, 0.3) is 5.91 Å². The van der Waals surface area contributed by atoms with Crippen LogP contribution in [0.1, 0.15) is 55.5 Å². The van der Waals surface area contributed by atoms with Gasteiger partial charge in [-0.25, -0.2) is 0 Å². The van der Waals surface area contributed by atoms with Crippen LogP contribution in [0.25, 0.3) is 0 Å². The number of hydrogen-bond acceptors (Lipinski definition) is 4. The standard InChI is InChI=1S/C22H28N2O4/c1-5-9-18(16-10-7-6-8-11-16)22(26)24-23-21(25)17-12-13-19(28-15(2)3)20(14-17)27-4/h6-8,10-15,18H,5,9H2,1-4H3,(H,23,25)(H,24,26)/t18-/m0/s1. The van der Waals surface area contributed by atoms with E-state index in [1.807, 2.05) is 51.1 Å². The smallest absolute Gasteiger partial charge is 0.269 e. The van der Waals surface area contributed by atoms with Crippen molar-refractivity contribution in [1.29, 1.82) is 0 Å². The monoisotopic (exact) mass is 384 g/mol. The Balaban J connectivity index is 2.05. The maximum atomic E-state index is 12.6. The number of carbonyl (C=O) groups is 2. The summed E-state index contributed by atoms with van der Waals surface area (Å²) in [6.07, 6.45) is 1.54. The maximum Gasteiger partial charge on any atom is 0.269 e. The van der Waals surface area contributed by atoms with Gasteiger partial charge in [-0.3, -0.25) is 20.4 Å². The van der Waals surface area contributed by atoms with Crippen molar-refractivity contribution in [1.82, 2.24) is 10.9 Å². The van der Waals surface area contributed by atoms with Crippen LogP contribution in [0.4, 0.5) is 0 Å². The SMILES string of the molecule is CCC[C@H](C(=O)NNC(=O)c1ccc(OC(C)C)c(OC)c1)c1ccccc1. The topological polar surface area (TPSA) is 76.7 Å². The van der Waals surface area contributed by atoms with Crippen LogP contribution in [0.15, 0.2) is 48.5 Å². The summed E-state index contributed by atoms with van der Waals surface area (Å²) in [4.78, 5) is 25.0. The fourth-order valence-corrected chi connectivity index (χ4v) is 2.86. The van der Waals surface area contributed by atoms with E-state index in [4.69, 9.17) is 9.47 Å². The third kappa shape index (κ3) is 5.74. The van der Waals surface area contributed by atoms with E-state index in [2.05, 4.69) is 10.9 Å². The molecule has 6 nitrogen and oxygen atoms in total. The summed E-state index contributed by atoms with van der Waals surface area (Å²) < 4.78 is 10.9. The van der Waals surface area contributed by atoms with E-state index in [0.717, 1.165) is 12.0 Å². The highest BCUT2D eigenvalue weighted by Gasteiger charge is 2.20. The number of hydrazine groups is 1. The summed E-state index contributed by atoms with van der Waals surface area (Å²) >= 11 is 0. The number of rotatable bonds is 8. The molecule has 0 heterocycles. The van der Waals surface area contributed by atoms with Crippen LogP contribution >= 0.6 is 0 Å². The minimum absolute atomic E-state index is 0.0126. The molecule has 0 spiro atoms. The molecule has 0 aliphatic heterocycles. The van der Waals surface area contributed by atoms with Crippen LogP contribution in [0.2, 0.25) is 0 Å². The first kappa shape index (κ1) is 21.3. The first-order valence-corrected chi connectivity index (χ1v) is 9.46. The zero-order valence-corrected chi connectivity index (χ0v) is 16.8. The first-order chi connectivity index (χ1) is 13.5. The Hall–Kier alpha value is -3.02. The molecule has 2 rings (SSSR count). The average Bonchev–Trinajstić information content (AvgIpc) is 2.70. The predicted molar refractivity (Wildman–Crippen MR) is 108 cm³/mol. The fourth-order valence-electron chi connectivity index (χ4n) is 2.86. The van der Waals surface area contributed by atoms with Gasteiger partial charge in [-0.1, -0.05) is 43.7 Å². The number of methoxy groups -OCH3 is 1. The number of carbonyl (C=O) groups excluding carboxylic acids is 2. The molecular weight excluding hydrogens is 356 g/mol. The summed E-state index contributed by atoms with van der Waals surface area (Å²) in [7, 11) is 1.52. The molecule has 0 radical (unpaired) electrons. The summed E-state index contributed by atoms with van der Waals surface area (Å²) in [5, 5.41) is 0. The van der Waals surface area contributed by atoms with Crippen molar-refractivity contribution in [2.75, 3.05) is 7.11 Å². The van der Waals surface area contributed by atoms with Gasteiger partial charge in [0.15, 0.2) is 11.5 Å². The van der Waals surface area contributed by atoms with E-state index in [0.29, 0.717) is 23.5 Å². The predicted octanol–water partition coefficient (Wildman–Crippen LogP) is 3.83. The van der Waals surface area contributed by atoms with Gasteiger partial charge >= 0.3 is 0 Å². The second-order valence-corrected chi connectivity index (χ2v) is 6.73. The lowest BCUT2D eigenvalue weighted by atomic mass is 9.94. The lowest BCUT2D eigenvalue weighted by Crippen LogP contribution is -2.44.